The molecule has 0 spiro atoms. The Morgan fingerprint density at radius 1 is 1.00 bits per heavy atom. The molecule has 0 aliphatic heterocycles. The van der Waals surface area contributed by atoms with Crippen LogP contribution in [-0.4, -0.2) is 20.2 Å². The predicted molar refractivity (Wildman–Crippen MR) is 103 cm³/mol. The molecule has 0 bridgehead atoms. The van der Waals surface area contributed by atoms with E-state index in [1.807, 2.05) is 7.11 Å². The fraction of sp³-hybridized carbons (Fsp3) is 0.429. The van der Waals surface area contributed by atoms with E-state index in [0.717, 1.165) is 12.3 Å². The molecule has 2 aromatic carbocycles. The third-order valence-electron chi connectivity index (χ3n) is 5.13. The van der Waals surface area contributed by atoms with E-state index in [4.69, 9.17) is 4.74 Å². The molecule has 0 radical (unpaired) electrons. The van der Waals surface area contributed by atoms with Crippen molar-refractivity contribution in [3.05, 3.63) is 71.8 Å². The summed E-state index contributed by atoms with van der Waals surface area (Å²) in [5, 5.41) is 3.55. The van der Waals surface area contributed by atoms with E-state index < -0.39 is 5.60 Å². The number of benzene rings is 2. The van der Waals surface area contributed by atoms with Crippen LogP contribution < -0.4 is 5.32 Å². The van der Waals surface area contributed by atoms with Gasteiger partial charge in [-0.25, -0.2) is 0 Å². The minimum atomic E-state index is -0.452. The number of ether oxygens (including phenoxy) is 1. The van der Waals surface area contributed by atoms with Crippen molar-refractivity contribution in [2.45, 2.75) is 37.3 Å². The summed E-state index contributed by atoms with van der Waals surface area (Å²) in [6.45, 7) is 0. The molecule has 3 heteroatoms. The van der Waals surface area contributed by atoms with Crippen LogP contribution in [0.5, 0.6) is 0 Å². The highest BCUT2D eigenvalue weighted by atomic mass is 35.5. The van der Waals surface area contributed by atoms with Gasteiger partial charge in [0, 0.05) is 13.2 Å². The Morgan fingerprint density at radius 3 is 1.88 bits per heavy atom. The third kappa shape index (κ3) is 3.83. The van der Waals surface area contributed by atoms with Gasteiger partial charge in [0.2, 0.25) is 0 Å². The summed E-state index contributed by atoms with van der Waals surface area (Å²) >= 11 is 0. The molecule has 3 rings (SSSR count). The van der Waals surface area contributed by atoms with Gasteiger partial charge >= 0.3 is 0 Å². The Labute approximate surface area is 152 Å². The smallest absolute Gasteiger partial charge is 0.133 e. The lowest BCUT2D eigenvalue weighted by Gasteiger charge is -2.41. The first-order valence-electron chi connectivity index (χ1n) is 8.64. The summed E-state index contributed by atoms with van der Waals surface area (Å²) in [7, 11) is 3.89. The van der Waals surface area contributed by atoms with E-state index in [2.05, 4.69) is 73.0 Å². The fourth-order valence-electron chi connectivity index (χ4n) is 3.68. The second-order valence-electron chi connectivity index (χ2n) is 6.53. The monoisotopic (exact) mass is 345 g/mol. The molecular weight excluding hydrogens is 318 g/mol. The van der Waals surface area contributed by atoms with Crippen molar-refractivity contribution in [2.24, 2.45) is 5.92 Å². The van der Waals surface area contributed by atoms with Gasteiger partial charge in [-0.2, -0.15) is 0 Å². The molecule has 2 nitrogen and oxygen atoms in total. The minimum Gasteiger partial charge on any atom is -0.367 e. The van der Waals surface area contributed by atoms with Crippen molar-refractivity contribution >= 4 is 12.4 Å². The van der Waals surface area contributed by atoms with Crippen LogP contribution in [0.25, 0.3) is 0 Å². The van der Waals surface area contributed by atoms with Gasteiger partial charge in [0.15, 0.2) is 0 Å². The second kappa shape index (κ2) is 8.66. The highest BCUT2D eigenvalue weighted by molar-refractivity contribution is 5.85. The molecule has 130 valence electrons. The number of halogens is 1. The first kappa shape index (κ1) is 19.0. The number of likely N-dealkylation sites (N-methyl/N-ethyl adjacent to an activating group) is 1. The summed E-state index contributed by atoms with van der Waals surface area (Å²) in [6, 6.07) is 21.5. The number of methoxy groups -OCH3 is 1. The van der Waals surface area contributed by atoms with Crippen LogP contribution in [0.4, 0.5) is 0 Å². The average Bonchev–Trinajstić information content (AvgIpc) is 3.45. The quantitative estimate of drug-likeness (QED) is 0.743. The number of hydrogen-bond acceptors (Lipinski definition) is 2. The fourth-order valence-corrected chi connectivity index (χ4v) is 3.68. The number of hydrogen-bond donors (Lipinski definition) is 1. The Kier molecular flexibility index (Phi) is 6.85. The lowest BCUT2D eigenvalue weighted by molar-refractivity contribution is -0.0128. The largest absolute Gasteiger partial charge is 0.367 e. The topological polar surface area (TPSA) is 21.3 Å². The molecule has 1 aliphatic rings. The van der Waals surface area contributed by atoms with E-state index in [1.165, 1.54) is 30.4 Å². The van der Waals surface area contributed by atoms with Crippen LogP contribution in [0.3, 0.4) is 0 Å². The Morgan fingerprint density at radius 2 is 1.50 bits per heavy atom. The van der Waals surface area contributed by atoms with Crippen LogP contribution in [0.1, 0.15) is 36.8 Å². The first-order chi connectivity index (χ1) is 11.3. The van der Waals surface area contributed by atoms with Crippen molar-refractivity contribution in [3.63, 3.8) is 0 Å². The van der Waals surface area contributed by atoms with Gasteiger partial charge in [0.25, 0.3) is 0 Å². The molecule has 1 aliphatic carbocycles. The number of nitrogens with one attached hydrogen (secondary N) is 1. The maximum absolute atomic E-state index is 6.25. The van der Waals surface area contributed by atoms with Crippen molar-refractivity contribution in [2.75, 3.05) is 14.2 Å². The van der Waals surface area contributed by atoms with Gasteiger partial charge in [-0.3, -0.25) is 0 Å². The van der Waals surface area contributed by atoms with Crippen molar-refractivity contribution in [1.82, 2.24) is 5.32 Å². The van der Waals surface area contributed by atoms with Gasteiger partial charge in [-0.15, -0.1) is 12.4 Å². The van der Waals surface area contributed by atoms with E-state index >= 15 is 0 Å². The SMILES string of the molecule is CNC(CCC1CC1)C(OC)(c1ccccc1)c1ccccc1.Cl. The summed E-state index contributed by atoms with van der Waals surface area (Å²) in [4.78, 5) is 0. The van der Waals surface area contributed by atoms with Crippen LogP contribution in [-0.2, 0) is 10.3 Å². The zero-order valence-corrected chi connectivity index (χ0v) is 15.4. The summed E-state index contributed by atoms with van der Waals surface area (Å²) in [5.41, 5.74) is 1.97. The lowest BCUT2D eigenvalue weighted by Crippen LogP contribution is -2.49. The van der Waals surface area contributed by atoms with Gasteiger partial charge in [-0.1, -0.05) is 73.5 Å². The highest BCUT2D eigenvalue weighted by Crippen LogP contribution is 2.41. The summed E-state index contributed by atoms with van der Waals surface area (Å²) in [6.07, 6.45) is 5.19. The second-order valence-corrected chi connectivity index (χ2v) is 6.53. The van der Waals surface area contributed by atoms with Crippen LogP contribution in [0.15, 0.2) is 60.7 Å². The molecule has 24 heavy (non-hydrogen) atoms. The number of rotatable bonds is 8. The molecule has 1 atom stereocenters. The molecule has 0 aromatic heterocycles. The van der Waals surface area contributed by atoms with Gasteiger partial charge < -0.3 is 10.1 Å². The zero-order valence-electron chi connectivity index (χ0n) is 14.6. The molecule has 1 saturated carbocycles. The van der Waals surface area contributed by atoms with Crippen molar-refractivity contribution in [3.8, 4) is 0 Å². The van der Waals surface area contributed by atoms with E-state index in [0.29, 0.717) is 0 Å². The Balaban J connectivity index is 0.00000208. The normalized spacial score (nSPS) is 15.6. The maximum atomic E-state index is 6.25. The predicted octanol–water partition coefficient (Wildman–Crippen LogP) is 4.78. The minimum absolute atomic E-state index is 0. The molecular formula is C21H28ClNO. The summed E-state index contributed by atoms with van der Waals surface area (Å²) in [5.74, 6) is 0.923. The molecule has 2 aromatic rings. The van der Waals surface area contributed by atoms with Gasteiger partial charge in [0.1, 0.15) is 5.60 Å². The van der Waals surface area contributed by atoms with Crippen molar-refractivity contribution in [1.29, 1.82) is 0 Å². The van der Waals surface area contributed by atoms with E-state index in [1.54, 1.807) is 0 Å². The van der Waals surface area contributed by atoms with Crippen LogP contribution in [0.2, 0.25) is 0 Å². The Hall–Kier alpha value is -1.35. The van der Waals surface area contributed by atoms with Gasteiger partial charge in [0.05, 0.1) is 0 Å². The van der Waals surface area contributed by atoms with Crippen LogP contribution in [0, 0.1) is 5.92 Å². The zero-order chi connectivity index (χ0) is 16.1. The molecule has 0 amide bonds. The first-order valence-corrected chi connectivity index (χ1v) is 8.64. The average molecular weight is 346 g/mol. The molecule has 1 N–H and O–H groups in total. The summed E-state index contributed by atoms with van der Waals surface area (Å²) < 4.78 is 6.25. The van der Waals surface area contributed by atoms with Crippen molar-refractivity contribution < 1.29 is 4.74 Å². The molecule has 1 fully saturated rings. The van der Waals surface area contributed by atoms with Crippen LogP contribution >= 0.6 is 12.4 Å². The van der Waals surface area contributed by atoms with E-state index in [-0.39, 0.29) is 18.4 Å². The highest BCUT2D eigenvalue weighted by Gasteiger charge is 2.42. The van der Waals surface area contributed by atoms with E-state index in [9.17, 15) is 0 Å². The van der Waals surface area contributed by atoms with Gasteiger partial charge in [-0.05, 0) is 36.9 Å². The maximum Gasteiger partial charge on any atom is 0.133 e. The Bertz CT molecular complexity index is 558. The molecule has 0 saturated heterocycles. The standard InChI is InChI=1S/C21H27NO.ClH/c1-22-20(16-15-17-13-14-17)21(23-2,18-9-5-3-6-10-18)19-11-7-4-8-12-19;/h3-12,17,20,22H,13-16H2,1-2H3;1H. The lowest BCUT2D eigenvalue weighted by atomic mass is 9.78. The molecule has 1 unspecified atom stereocenters. The molecule has 0 heterocycles. The third-order valence-corrected chi connectivity index (χ3v) is 5.13.